The maximum absolute atomic E-state index is 11.2. The molecule has 0 fully saturated rings. The first-order valence-corrected chi connectivity index (χ1v) is 4.27. The molecule has 1 aromatic carbocycles. The number of benzene rings is 1. The van der Waals surface area contributed by atoms with E-state index in [1.165, 1.54) is 6.08 Å². The first-order valence-electron chi connectivity index (χ1n) is 4.27. The highest BCUT2D eigenvalue weighted by Crippen LogP contribution is 2.14. The number of isocyanates is 1. The Balaban J connectivity index is 2.56. The fraction of sp³-hybridized carbons (Fsp3) is 0. The summed E-state index contributed by atoms with van der Waals surface area (Å²) in [6.07, 6.45) is 4.57. The van der Waals surface area contributed by atoms with Crippen LogP contribution in [0, 0.1) is 0 Å². The van der Waals surface area contributed by atoms with Gasteiger partial charge in [0.1, 0.15) is 0 Å². The Morgan fingerprint density at radius 1 is 1.27 bits per heavy atom. The topological polar surface area (TPSA) is 59.4 Å². The number of pyridine rings is 1. The number of carbonyl (C=O) groups excluding carboxylic acids is 2. The Bertz CT molecular complexity index is 572. The number of aromatic nitrogens is 1. The van der Waals surface area contributed by atoms with Crippen molar-refractivity contribution >= 4 is 22.8 Å². The molecule has 72 valence electrons. The van der Waals surface area contributed by atoms with E-state index in [2.05, 4.69) is 9.98 Å². The highest BCUT2D eigenvalue weighted by Gasteiger charge is 2.04. The maximum atomic E-state index is 11.2. The molecule has 0 N–H and O–H groups in total. The van der Waals surface area contributed by atoms with Crippen molar-refractivity contribution in [1.29, 1.82) is 0 Å². The lowest BCUT2D eigenvalue weighted by molar-refractivity contribution is 0.100. The van der Waals surface area contributed by atoms with Gasteiger partial charge in [-0.2, -0.15) is 0 Å². The van der Waals surface area contributed by atoms with Crippen LogP contribution in [-0.4, -0.2) is 17.0 Å². The van der Waals surface area contributed by atoms with Gasteiger partial charge in [0, 0.05) is 23.3 Å². The van der Waals surface area contributed by atoms with Crippen LogP contribution >= 0.6 is 0 Å². The third-order valence-electron chi connectivity index (χ3n) is 2.03. The van der Waals surface area contributed by atoms with Gasteiger partial charge in [-0.25, -0.2) is 4.79 Å². The number of nitrogens with zero attached hydrogens (tertiary/aromatic N) is 2. The summed E-state index contributed by atoms with van der Waals surface area (Å²) in [7, 11) is 0. The van der Waals surface area contributed by atoms with Crippen molar-refractivity contribution in [3.63, 3.8) is 0 Å². The van der Waals surface area contributed by atoms with Gasteiger partial charge in [-0.05, 0) is 23.6 Å². The lowest BCUT2D eigenvalue weighted by Crippen LogP contribution is -1.93. The normalized spacial score (nSPS) is 9.60. The van der Waals surface area contributed by atoms with Crippen LogP contribution in [0.3, 0.4) is 0 Å². The van der Waals surface area contributed by atoms with Crippen LogP contribution in [0.1, 0.15) is 10.4 Å². The van der Waals surface area contributed by atoms with Crippen LogP contribution in [0.5, 0.6) is 0 Å². The SMILES string of the molecule is O=C=NC(=O)c1ccc2cnccc2c1. The third kappa shape index (κ3) is 1.80. The van der Waals surface area contributed by atoms with Crippen molar-refractivity contribution < 1.29 is 9.59 Å². The van der Waals surface area contributed by atoms with Gasteiger partial charge in [-0.15, -0.1) is 4.99 Å². The van der Waals surface area contributed by atoms with E-state index in [0.717, 1.165) is 10.8 Å². The van der Waals surface area contributed by atoms with E-state index in [-0.39, 0.29) is 0 Å². The number of hydrogen-bond donors (Lipinski definition) is 0. The summed E-state index contributed by atoms with van der Waals surface area (Å²) in [5.74, 6) is -0.580. The molecule has 0 unspecified atom stereocenters. The molecule has 0 saturated carbocycles. The summed E-state index contributed by atoms with van der Waals surface area (Å²) < 4.78 is 0. The zero-order valence-corrected chi connectivity index (χ0v) is 7.68. The summed E-state index contributed by atoms with van der Waals surface area (Å²) in [6, 6.07) is 6.82. The fourth-order valence-electron chi connectivity index (χ4n) is 1.32. The zero-order chi connectivity index (χ0) is 10.7. The molecule has 0 aliphatic heterocycles. The lowest BCUT2D eigenvalue weighted by atomic mass is 10.1. The predicted octanol–water partition coefficient (Wildman–Crippen LogP) is 1.71. The van der Waals surface area contributed by atoms with Gasteiger partial charge in [-0.3, -0.25) is 9.78 Å². The van der Waals surface area contributed by atoms with E-state index in [9.17, 15) is 9.59 Å². The van der Waals surface area contributed by atoms with Gasteiger partial charge in [0.05, 0.1) is 0 Å². The molecule has 4 nitrogen and oxygen atoms in total. The highest BCUT2D eigenvalue weighted by atomic mass is 16.2. The van der Waals surface area contributed by atoms with E-state index in [4.69, 9.17) is 0 Å². The van der Waals surface area contributed by atoms with Gasteiger partial charge in [0.25, 0.3) is 5.91 Å². The number of fused-ring (bicyclic) bond motifs is 1. The molecule has 15 heavy (non-hydrogen) atoms. The zero-order valence-electron chi connectivity index (χ0n) is 7.68. The van der Waals surface area contributed by atoms with Crippen LogP contribution in [0.25, 0.3) is 10.8 Å². The molecule has 4 heteroatoms. The van der Waals surface area contributed by atoms with Gasteiger partial charge >= 0.3 is 0 Å². The molecule has 0 atom stereocenters. The molecule has 0 aliphatic carbocycles. The van der Waals surface area contributed by atoms with Crippen LogP contribution < -0.4 is 0 Å². The number of rotatable bonds is 1. The predicted molar refractivity (Wildman–Crippen MR) is 54.2 cm³/mol. The Morgan fingerprint density at radius 2 is 2.13 bits per heavy atom. The molecule has 0 saturated heterocycles. The van der Waals surface area contributed by atoms with E-state index >= 15 is 0 Å². The Morgan fingerprint density at radius 3 is 2.93 bits per heavy atom. The number of amides is 1. The van der Waals surface area contributed by atoms with Crippen molar-refractivity contribution in [2.75, 3.05) is 0 Å². The first-order chi connectivity index (χ1) is 7.31. The van der Waals surface area contributed by atoms with Crippen LogP contribution in [-0.2, 0) is 4.79 Å². The summed E-state index contributed by atoms with van der Waals surface area (Å²) in [5.41, 5.74) is 0.372. The monoisotopic (exact) mass is 198 g/mol. The molecule has 0 bridgehead atoms. The van der Waals surface area contributed by atoms with Gasteiger partial charge in [-0.1, -0.05) is 6.07 Å². The molecular formula is C11H6N2O2. The minimum Gasteiger partial charge on any atom is -0.266 e. The van der Waals surface area contributed by atoms with Gasteiger partial charge in [0.2, 0.25) is 6.08 Å². The Hall–Kier alpha value is -2.32. The summed E-state index contributed by atoms with van der Waals surface area (Å²) in [5, 5.41) is 1.82. The second kappa shape index (κ2) is 3.82. The maximum Gasteiger partial charge on any atom is 0.287 e. The van der Waals surface area contributed by atoms with Crippen molar-refractivity contribution in [1.82, 2.24) is 4.98 Å². The third-order valence-corrected chi connectivity index (χ3v) is 2.03. The second-order valence-electron chi connectivity index (χ2n) is 2.95. The summed E-state index contributed by atoms with van der Waals surface area (Å²) >= 11 is 0. The molecule has 1 heterocycles. The number of hydrogen-bond acceptors (Lipinski definition) is 3. The van der Waals surface area contributed by atoms with Crippen LogP contribution in [0.4, 0.5) is 0 Å². The van der Waals surface area contributed by atoms with E-state index < -0.39 is 5.91 Å². The molecule has 0 spiro atoms. The van der Waals surface area contributed by atoms with E-state index in [1.807, 2.05) is 0 Å². The number of aliphatic imine (C=N–C) groups is 1. The molecule has 2 aromatic rings. The Kier molecular flexibility index (Phi) is 2.35. The molecule has 0 radical (unpaired) electrons. The molecule has 1 amide bonds. The standard InChI is InChI=1S/C11H6N2O2/c14-7-13-11(15)9-1-2-10-6-12-4-3-8(10)5-9/h1-6H. The minimum atomic E-state index is -0.580. The van der Waals surface area contributed by atoms with Crippen molar-refractivity contribution in [2.45, 2.75) is 0 Å². The fourth-order valence-corrected chi connectivity index (χ4v) is 1.32. The largest absolute Gasteiger partial charge is 0.287 e. The Labute approximate surface area is 85.3 Å². The van der Waals surface area contributed by atoms with Gasteiger partial charge < -0.3 is 0 Å². The van der Waals surface area contributed by atoms with Crippen molar-refractivity contribution in [3.05, 3.63) is 42.2 Å². The molecule has 0 aliphatic rings. The van der Waals surface area contributed by atoms with Crippen LogP contribution in [0.2, 0.25) is 0 Å². The van der Waals surface area contributed by atoms with Crippen molar-refractivity contribution in [2.24, 2.45) is 4.99 Å². The lowest BCUT2D eigenvalue weighted by Gasteiger charge is -1.98. The average molecular weight is 198 g/mol. The van der Waals surface area contributed by atoms with E-state index in [0.29, 0.717) is 5.56 Å². The second-order valence-corrected chi connectivity index (χ2v) is 2.95. The summed E-state index contributed by atoms with van der Waals surface area (Å²) in [6.45, 7) is 0. The summed E-state index contributed by atoms with van der Waals surface area (Å²) in [4.78, 5) is 28.2. The average Bonchev–Trinajstić information content (AvgIpc) is 2.29. The highest BCUT2D eigenvalue weighted by molar-refractivity contribution is 6.00. The van der Waals surface area contributed by atoms with Crippen LogP contribution in [0.15, 0.2) is 41.7 Å². The number of carbonyl (C=O) groups is 1. The molecule has 1 aromatic heterocycles. The minimum absolute atomic E-state index is 0.372. The van der Waals surface area contributed by atoms with Gasteiger partial charge in [0.15, 0.2) is 0 Å². The smallest absolute Gasteiger partial charge is 0.266 e. The molecule has 2 rings (SSSR count). The first kappa shape index (κ1) is 9.24. The van der Waals surface area contributed by atoms with Crippen molar-refractivity contribution in [3.8, 4) is 0 Å². The quantitative estimate of drug-likeness (QED) is 0.517. The molecular weight excluding hydrogens is 192 g/mol. The van der Waals surface area contributed by atoms with E-state index in [1.54, 1.807) is 36.7 Å².